The van der Waals surface area contributed by atoms with Gasteiger partial charge in [-0.3, -0.25) is 9.36 Å². The zero-order chi connectivity index (χ0) is 23.3. The van der Waals surface area contributed by atoms with Crippen LogP contribution in [-0.2, 0) is 6.54 Å². The Balaban J connectivity index is 1.68. The van der Waals surface area contributed by atoms with E-state index in [1.165, 1.54) is 0 Å². The van der Waals surface area contributed by atoms with Crippen LogP contribution < -0.4 is 5.56 Å². The topological polar surface area (TPSA) is 65.8 Å². The lowest BCUT2D eigenvalue weighted by Gasteiger charge is -2.12. The summed E-state index contributed by atoms with van der Waals surface area (Å²) in [6.07, 6.45) is 0. The quantitative estimate of drug-likeness (QED) is 0.342. The lowest BCUT2D eigenvalue weighted by molar-refractivity contribution is 0.537. The first-order chi connectivity index (χ1) is 15.8. The van der Waals surface area contributed by atoms with Crippen molar-refractivity contribution in [3.05, 3.63) is 98.2 Å². The number of rotatable bonds is 4. The number of aromatic nitrogens is 4. The van der Waals surface area contributed by atoms with Crippen molar-refractivity contribution in [3.8, 4) is 17.1 Å². The Morgan fingerprint density at radius 2 is 1.76 bits per heavy atom. The maximum atomic E-state index is 13.2. The van der Waals surface area contributed by atoms with E-state index >= 15 is 0 Å². The number of oxazole rings is 1. The molecule has 7 heteroatoms. The van der Waals surface area contributed by atoms with Gasteiger partial charge in [0.15, 0.2) is 0 Å². The molecule has 0 fully saturated rings. The molecule has 2 aromatic carbocycles. The van der Waals surface area contributed by atoms with Crippen molar-refractivity contribution in [2.75, 3.05) is 0 Å². The van der Waals surface area contributed by atoms with E-state index < -0.39 is 0 Å². The van der Waals surface area contributed by atoms with E-state index in [2.05, 4.69) is 0 Å². The molecule has 0 bridgehead atoms. The third-order valence-electron chi connectivity index (χ3n) is 5.84. The molecular weight excluding hydrogens is 436 g/mol. The Labute approximate surface area is 196 Å². The van der Waals surface area contributed by atoms with Gasteiger partial charge < -0.3 is 4.42 Å². The van der Waals surface area contributed by atoms with Crippen LogP contribution in [0.15, 0.2) is 63.8 Å². The monoisotopic (exact) mass is 458 g/mol. The van der Waals surface area contributed by atoms with Gasteiger partial charge in [-0.2, -0.15) is 5.10 Å². The van der Waals surface area contributed by atoms with Gasteiger partial charge in [-0.05, 0) is 63.6 Å². The smallest absolute Gasteiger partial charge is 0.252 e. The number of aryl methyl sites for hydroxylation is 4. The first-order valence-electron chi connectivity index (χ1n) is 10.7. The zero-order valence-corrected chi connectivity index (χ0v) is 19.6. The number of pyridine rings is 1. The number of benzene rings is 2. The van der Waals surface area contributed by atoms with Crippen molar-refractivity contribution in [3.63, 3.8) is 0 Å². The van der Waals surface area contributed by atoms with Crippen molar-refractivity contribution in [2.45, 2.75) is 34.2 Å². The van der Waals surface area contributed by atoms with Crippen LogP contribution in [0.3, 0.4) is 0 Å². The summed E-state index contributed by atoms with van der Waals surface area (Å²) in [5, 5.41) is 6.35. The minimum absolute atomic E-state index is 0.111. The molecule has 0 N–H and O–H groups in total. The van der Waals surface area contributed by atoms with Gasteiger partial charge >= 0.3 is 0 Å². The Hall–Kier alpha value is -3.64. The van der Waals surface area contributed by atoms with Crippen molar-refractivity contribution in [1.82, 2.24) is 19.3 Å². The molecule has 0 spiro atoms. The number of hydrogen-bond acceptors (Lipinski definition) is 4. The van der Waals surface area contributed by atoms with E-state index in [0.29, 0.717) is 22.4 Å². The SMILES string of the molecule is Cc1ccc(-n2nc(C)c3c(C)cc(=O)n(Cc4nc(-c5cccc(Cl)c5)oc4C)c32)cc1. The third kappa shape index (κ3) is 3.76. The molecule has 6 nitrogen and oxygen atoms in total. The minimum Gasteiger partial charge on any atom is -0.441 e. The lowest BCUT2D eigenvalue weighted by atomic mass is 10.1. The maximum absolute atomic E-state index is 13.2. The average molecular weight is 459 g/mol. The van der Waals surface area contributed by atoms with Crippen LogP contribution in [0.2, 0.25) is 5.02 Å². The highest BCUT2D eigenvalue weighted by Gasteiger charge is 2.20. The summed E-state index contributed by atoms with van der Waals surface area (Å²) in [6.45, 7) is 8.08. The highest BCUT2D eigenvalue weighted by Crippen LogP contribution is 2.27. The molecule has 0 aliphatic carbocycles. The highest BCUT2D eigenvalue weighted by atomic mass is 35.5. The van der Waals surface area contributed by atoms with E-state index in [0.717, 1.165) is 39.1 Å². The van der Waals surface area contributed by atoms with E-state index in [-0.39, 0.29) is 12.1 Å². The van der Waals surface area contributed by atoms with Gasteiger partial charge in [0, 0.05) is 22.0 Å². The summed E-state index contributed by atoms with van der Waals surface area (Å²) in [5.41, 5.74) is 5.94. The molecule has 5 aromatic rings. The van der Waals surface area contributed by atoms with Crippen LogP contribution >= 0.6 is 11.6 Å². The molecule has 166 valence electrons. The summed E-state index contributed by atoms with van der Waals surface area (Å²) in [4.78, 5) is 17.9. The number of nitrogens with zero attached hydrogens (tertiary/aromatic N) is 4. The minimum atomic E-state index is -0.111. The van der Waals surface area contributed by atoms with Crippen LogP contribution in [0, 0.1) is 27.7 Å². The molecule has 0 unspecified atom stereocenters. The first-order valence-corrected chi connectivity index (χ1v) is 11.1. The molecule has 0 amide bonds. The predicted molar refractivity (Wildman–Crippen MR) is 130 cm³/mol. The van der Waals surface area contributed by atoms with Crippen LogP contribution in [0.25, 0.3) is 28.2 Å². The number of fused-ring (bicyclic) bond motifs is 1. The Bertz CT molecular complexity index is 1560. The lowest BCUT2D eigenvalue weighted by Crippen LogP contribution is -2.23. The summed E-state index contributed by atoms with van der Waals surface area (Å²) >= 11 is 6.14. The second-order valence-electron chi connectivity index (χ2n) is 8.32. The number of halogens is 1. The molecule has 0 aliphatic heterocycles. The van der Waals surface area contributed by atoms with Gasteiger partial charge in [-0.15, -0.1) is 0 Å². The van der Waals surface area contributed by atoms with Crippen molar-refractivity contribution >= 4 is 22.6 Å². The molecular formula is C26H23ClN4O2. The van der Waals surface area contributed by atoms with Gasteiger partial charge in [-0.25, -0.2) is 9.67 Å². The van der Waals surface area contributed by atoms with Gasteiger partial charge in [0.05, 0.1) is 17.9 Å². The summed E-state index contributed by atoms with van der Waals surface area (Å²) in [7, 11) is 0. The summed E-state index contributed by atoms with van der Waals surface area (Å²) in [5.74, 6) is 1.13. The fraction of sp³-hybridized carbons (Fsp3) is 0.192. The van der Waals surface area contributed by atoms with Gasteiger partial charge in [0.2, 0.25) is 5.89 Å². The van der Waals surface area contributed by atoms with Crippen molar-refractivity contribution < 1.29 is 4.42 Å². The second kappa shape index (κ2) is 8.05. The molecule has 0 saturated carbocycles. The van der Waals surface area contributed by atoms with Gasteiger partial charge in [0.1, 0.15) is 17.1 Å². The standard InChI is InChI=1S/C26H23ClN4O2/c1-15-8-10-21(11-9-15)31-26-24(17(3)29-31)16(2)12-23(32)30(26)14-22-18(4)33-25(28-22)19-6-5-7-20(27)13-19/h5-13H,14H2,1-4H3. The molecule has 0 atom stereocenters. The average Bonchev–Trinajstić information content (AvgIpc) is 3.32. The molecule has 5 rings (SSSR count). The van der Waals surface area contributed by atoms with Crippen molar-refractivity contribution in [2.24, 2.45) is 0 Å². The highest BCUT2D eigenvalue weighted by molar-refractivity contribution is 6.30. The van der Waals surface area contributed by atoms with Crippen LogP contribution in [0.4, 0.5) is 0 Å². The Morgan fingerprint density at radius 1 is 1.00 bits per heavy atom. The largest absolute Gasteiger partial charge is 0.441 e. The molecule has 0 saturated heterocycles. The summed E-state index contributed by atoms with van der Waals surface area (Å²) in [6, 6.07) is 17.1. The normalized spacial score (nSPS) is 11.4. The molecule has 3 aromatic heterocycles. The Kier molecular flexibility index (Phi) is 5.17. The van der Waals surface area contributed by atoms with Crippen molar-refractivity contribution in [1.29, 1.82) is 0 Å². The number of hydrogen-bond donors (Lipinski definition) is 0. The second-order valence-corrected chi connectivity index (χ2v) is 8.75. The summed E-state index contributed by atoms with van der Waals surface area (Å²) < 4.78 is 9.49. The van der Waals surface area contributed by atoms with Crippen LogP contribution in [0.5, 0.6) is 0 Å². The molecule has 0 aliphatic rings. The van der Waals surface area contributed by atoms with Crippen LogP contribution in [-0.4, -0.2) is 19.3 Å². The molecule has 0 radical (unpaired) electrons. The van der Waals surface area contributed by atoms with E-state index in [1.807, 2.05) is 74.8 Å². The predicted octanol–water partition coefficient (Wildman–Crippen LogP) is 5.78. The molecule has 33 heavy (non-hydrogen) atoms. The van der Waals surface area contributed by atoms with E-state index in [9.17, 15) is 4.79 Å². The fourth-order valence-corrected chi connectivity index (χ4v) is 4.34. The Morgan fingerprint density at radius 3 is 2.48 bits per heavy atom. The van der Waals surface area contributed by atoms with Crippen LogP contribution in [0.1, 0.15) is 28.3 Å². The zero-order valence-electron chi connectivity index (χ0n) is 18.9. The first kappa shape index (κ1) is 21.2. The third-order valence-corrected chi connectivity index (χ3v) is 6.08. The van der Waals surface area contributed by atoms with E-state index in [1.54, 1.807) is 16.7 Å². The fourth-order valence-electron chi connectivity index (χ4n) is 4.15. The van der Waals surface area contributed by atoms with E-state index in [4.69, 9.17) is 26.1 Å². The maximum Gasteiger partial charge on any atom is 0.252 e. The van der Waals surface area contributed by atoms with Gasteiger partial charge in [0.25, 0.3) is 5.56 Å². The van der Waals surface area contributed by atoms with Gasteiger partial charge in [-0.1, -0.05) is 35.4 Å². The molecule has 3 heterocycles.